The Labute approximate surface area is 196 Å². The minimum atomic E-state index is -0.373. The van der Waals surface area contributed by atoms with Crippen molar-refractivity contribution < 1.29 is 19.5 Å². The molecule has 0 aliphatic carbocycles. The van der Waals surface area contributed by atoms with Crippen molar-refractivity contribution in [3.8, 4) is 5.75 Å². The first kappa shape index (κ1) is 25.9. The number of benzene rings is 2. The van der Waals surface area contributed by atoms with Crippen LogP contribution in [-0.4, -0.2) is 36.4 Å². The lowest BCUT2D eigenvalue weighted by Gasteiger charge is -2.26. The van der Waals surface area contributed by atoms with Crippen LogP contribution in [0, 0.1) is 13.8 Å². The maximum Gasteiger partial charge on any atom is 0.251 e. The zero-order chi connectivity index (χ0) is 24.9. The molecular formula is C26H35N3O4. The number of aromatic hydroxyl groups is 1. The highest BCUT2D eigenvalue weighted by Gasteiger charge is 2.24. The van der Waals surface area contributed by atoms with Crippen molar-refractivity contribution in [1.29, 1.82) is 0 Å². The minimum absolute atomic E-state index is 0.173. The SMILES string of the molecule is CCCC(=O)N(CC(=O)Nc1cc(C(=O)NC)ccc1C(C)(C)C)c1cc(C)c(O)c(C)c1. The van der Waals surface area contributed by atoms with Crippen LogP contribution in [0.15, 0.2) is 30.3 Å². The molecule has 7 heteroatoms. The van der Waals surface area contributed by atoms with Crippen LogP contribution in [-0.2, 0) is 15.0 Å². The van der Waals surface area contributed by atoms with Crippen molar-refractivity contribution in [2.45, 2.75) is 59.8 Å². The molecule has 0 unspecified atom stereocenters. The molecule has 0 saturated heterocycles. The predicted octanol–water partition coefficient (Wildman–Crippen LogP) is 4.44. The number of nitrogens with zero attached hydrogens (tertiary/aromatic N) is 1. The molecule has 0 aliphatic heterocycles. The van der Waals surface area contributed by atoms with E-state index in [2.05, 4.69) is 10.6 Å². The summed E-state index contributed by atoms with van der Waals surface area (Å²) in [5, 5.41) is 15.6. The van der Waals surface area contributed by atoms with Gasteiger partial charge in [0.2, 0.25) is 11.8 Å². The van der Waals surface area contributed by atoms with Crippen molar-refractivity contribution in [2.24, 2.45) is 0 Å². The Morgan fingerprint density at radius 3 is 2.15 bits per heavy atom. The van der Waals surface area contributed by atoms with E-state index in [9.17, 15) is 19.5 Å². The Morgan fingerprint density at radius 2 is 1.64 bits per heavy atom. The summed E-state index contributed by atoms with van der Waals surface area (Å²) in [5.41, 5.74) is 3.41. The highest BCUT2D eigenvalue weighted by atomic mass is 16.3. The molecule has 2 aromatic rings. The number of hydrogen-bond acceptors (Lipinski definition) is 4. The largest absolute Gasteiger partial charge is 0.507 e. The smallest absolute Gasteiger partial charge is 0.251 e. The minimum Gasteiger partial charge on any atom is -0.507 e. The molecule has 0 radical (unpaired) electrons. The maximum atomic E-state index is 13.1. The van der Waals surface area contributed by atoms with Gasteiger partial charge in [-0.15, -0.1) is 0 Å². The number of phenolic OH excluding ortho intramolecular Hbond substituents is 1. The fourth-order valence-electron chi connectivity index (χ4n) is 3.68. The third-order valence-electron chi connectivity index (χ3n) is 5.45. The topological polar surface area (TPSA) is 98.7 Å². The number of carbonyl (C=O) groups excluding carboxylic acids is 3. The van der Waals surface area contributed by atoms with Crippen LogP contribution in [0.25, 0.3) is 0 Å². The van der Waals surface area contributed by atoms with Gasteiger partial charge in [-0.05, 0) is 66.6 Å². The number of amides is 3. The van der Waals surface area contributed by atoms with Gasteiger partial charge in [-0.1, -0.05) is 33.8 Å². The van der Waals surface area contributed by atoms with Crippen molar-refractivity contribution in [3.63, 3.8) is 0 Å². The molecule has 2 aromatic carbocycles. The Balaban J connectivity index is 2.41. The Kier molecular flexibility index (Phi) is 8.25. The molecule has 0 saturated carbocycles. The van der Waals surface area contributed by atoms with Gasteiger partial charge in [0.15, 0.2) is 0 Å². The van der Waals surface area contributed by atoms with E-state index in [0.29, 0.717) is 40.9 Å². The van der Waals surface area contributed by atoms with Gasteiger partial charge >= 0.3 is 0 Å². The average Bonchev–Trinajstić information content (AvgIpc) is 2.74. The number of aryl methyl sites for hydroxylation is 2. The molecular weight excluding hydrogens is 418 g/mol. The monoisotopic (exact) mass is 453 g/mol. The second-order valence-electron chi connectivity index (χ2n) is 9.30. The normalized spacial score (nSPS) is 11.1. The van der Waals surface area contributed by atoms with Crippen molar-refractivity contribution in [2.75, 3.05) is 23.8 Å². The van der Waals surface area contributed by atoms with Crippen LogP contribution < -0.4 is 15.5 Å². The number of anilines is 2. The van der Waals surface area contributed by atoms with Crippen LogP contribution in [0.1, 0.15) is 67.6 Å². The van der Waals surface area contributed by atoms with Crippen molar-refractivity contribution >= 4 is 29.1 Å². The molecule has 178 valence electrons. The van der Waals surface area contributed by atoms with E-state index < -0.39 is 0 Å². The summed E-state index contributed by atoms with van der Waals surface area (Å²) in [6.45, 7) is 11.3. The van der Waals surface area contributed by atoms with Gasteiger partial charge in [0.1, 0.15) is 12.3 Å². The van der Waals surface area contributed by atoms with Gasteiger partial charge in [-0.3, -0.25) is 14.4 Å². The molecule has 0 atom stereocenters. The van der Waals surface area contributed by atoms with E-state index in [1.807, 2.05) is 33.8 Å². The van der Waals surface area contributed by atoms with Crippen LogP contribution >= 0.6 is 0 Å². The molecule has 3 N–H and O–H groups in total. The third kappa shape index (κ3) is 6.34. The van der Waals surface area contributed by atoms with Crippen LogP contribution in [0.5, 0.6) is 5.75 Å². The van der Waals surface area contributed by atoms with Gasteiger partial charge in [0, 0.05) is 30.4 Å². The molecule has 7 nitrogen and oxygen atoms in total. The molecule has 2 rings (SSSR count). The highest BCUT2D eigenvalue weighted by molar-refractivity contribution is 6.04. The lowest BCUT2D eigenvalue weighted by molar-refractivity contribution is -0.121. The lowest BCUT2D eigenvalue weighted by atomic mass is 9.85. The summed E-state index contributed by atoms with van der Waals surface area (Å²) in [6.07, 6.45) is 0.945. The van der Waals surface area contributed by atoms with E-state index in [4.69, 9.17) is 0 Å². The summed E-state index contributed by atoms with van der Waals surface area (Å²) in [5.74, 6) is -0.623. The first-order chi connectivity index (χ1) is 15.4. The summed E-state index contributed by atoms with van der Waals surface area (Å²) < 4.78 is 0. The molecule has 0 aromatic heterocycles. The Morgan fingerprint density at radius 1 is 1.03 bits per heavy atom. The number of rotatable bonds is 7. The van der Waals surface area contributed by atoms with Crippen molar-refractivity contribution in [3.05, 3.63) is 52.6 Å². The summed E-state index contributed by atoms with van der Waals surface area (Å²) in [7, 11) is 1.55. The molecule has 0 aliphatic rings. The summed E-state index contributed by atoms with van der Waals surface area (Å²) in [6, 6.07) is 8.64. The third-order valence-corrected chi connectivity index (χ3v) is 5.45. The van der Waals surface area contributed by atoms with E-state index >= 15 is 0 Å². The predicted molar refractivity (Wildman–Crippen MR) is 132 cm³/mol. The van der Waals surface area contributed by atoms with Crippen LogP contribution in [0.4, 0.5) is 11.4 Å². The van der Waals surface area contributed by atoms with Gasteiger partial charge in [0.25, 0.3) is 5.91 Å². The molecule has 33 heavy (non-hydrogen) atoms. The quantitative estimate of drug-likeness (QED) is 0.577. The summed E-state index contributed by atoms with van der Waals surface area (Å²) >= 11 is 0. The maximum absolute atomic E-state index is 13.1. The first-order valence-electron chi connectivity index (χ1n) is 11.2. The van der Waals surface area contributed by atoms with E-state index in [-0.39, 0.29) is 35.4 Å². The number of hydrogen-bond donors (Lipinski definition) is 3. The second kappa shape index (κ2) is 10.5. The van der Waals surface area contributed by atoms with Gasteiger partial charge in [0.05, 0.1) is 0 Å². The molecule has 0 fully saturated rings. The van der Waals surface area contributed by atoms with Gasteiger partial charge < -0.3 is 20.6 Å². The van der Waals surface area contributed by atoms with Crippen molar-refractivity contribution in [1.82, 2.24) is 5.32 Å². The lowest BCUT2D eigenvalue weighted by Crippen LogP contribution is -2.38. The fourth-order valence-corrected chi connectivity index (χ4v) is 3.68. The molecule has 0 spiro atoms. The van der Waals surface area contributed by atoms with E-state index in [0.717, 1.165) is 5.56 Å². The Hall–Kier alpha value is -3.35. The van der Waals surface area contributed by atoms with E-state index in [1.54, 1.807) is 45.2 Å². The number of carbonyl (C=O) groups is 3. The second-order valence-corrected chi connectivity index (χ2v) is 9.30. The zero-order valence-electron chi connectivity index (χ0n) is 20.6. The average molecular weight is 454 g/mol. The zero-order valence-corrected chi connectivity index (χ0v) is 20.6. The number of nitrogens with one attached hydrogen (secondary N) is 2. The standard InChI is InChI=1S/C26H35N3O4/c1-8-9-23(31)29(19-12-16(2)24(32)17(3)13-19)15-22(30)28-21-14-18(25(33)27-7)10-11-20(21)26(4,5)6/h10-14,32H,8-9,15H2,1-7H3,(H,27,33)(H,28,30). The van der Waals surface area contributed by atoms with Gasteiger partial charge in [-0.25, -0.2) is 0 Å². The highest BCUT2D eigenvalue weighted by Crippen LogP contribution is 2.31. The van der Waals surface area contributed by atoms with Crippen LogP contribution in [0.3, 0.4) is 0 Å². The van der Waals surface area contributed by atoms with Crippen LogP contribution in [0.2, 0.25) is 0 Å². The number of phenols is 1. The Bertz CT molecular complexity index is 1030. The first-order valence-corrected chi connectivity index (χ1v) is 11.2. The van der Waals surface area contributed by atoms with E-state index in [1.165, 1.54) is 4.90 Å². The van der Waals surface area contributed by atoms with Gasteiger partial charge in [-0.2, -0.15) is 0 Å². The molecule has 3 amide bonds. The summed E-state index contributed by atoms with van der Waals surface area (Å²) in [4.78, 5) is 39.6. The molecule has 0 bridgehead atoms. The molecule has 0 heterocycles. The fraction of sp³-hybridized carbons (Fsp3) is 0.423.